The molecule has 3 aromatic rings. The zero-order valence-electron chi connectivity index (χ0n) is 12.6. The van der Waals surface area contributed by atoms with Gasteiger partial charge in [-0.3, -0.25) is 9.48 Å². The molecule has 0 aliphatic carbocycles. The first-order valence-electron chi connectivity index (χ1n) is 6.85. The number of hydrogen-bond donors (Lipinski definition) is 2. The van der Waals surface area contributed by atoms with Crippen molar-refractivity contribution >= 4 is 33.8 Å². The van der Waals surface area contributed by atoms with Crippen LogP contribution in [0, 0.1) is 6.92 Å². The van der Waals surface area contributed by atoms with Crippen LogP contribution in [0.1, 0.15) is 5.69 Å². The number of para-hydroxylation sites is 1. The van der Waals surface area contributed by atoms with E-state index in [0.29, 0.717) is 16.4 Å². The fourth-order valence-electron chi connectivity index (χ4n) is 2.41. The number of anilines is 1. The number of benzene rings is 1. The van der Waals surface area contributed by atoms with Gasteiger partial charge in [-0.25, -0.2) is 9.67 Å². The van der Waals surface area contributed by atoms with Crippen LogP contribution in [0.25, 0.3) is 16.9 Å². The van der Waals surface area contributed by atoms with Gasteiger partial charge in [-0.2, -0.15) is 0 Å². The van der Waals surface area contributed by atoms with E-state index in [1.54, 1.807) is 4.68 Å². The number of aromatic nitrogens is 3. The highest BCUT2D eigenvalue weighted by molar-refractivity contribution is 7.80. The molecular weight excluding hydrogens is 330 g/mol. The molecule has 0 saturated heterocycles. The third kappa shape index (κ3) is 2.78. The summed E-state index contributed by atoms with van der Waals surface area (Å²) >= 11 is 6.16. The molecular formula is C15H15N5OS2. The highest BCUT2D eigenvalue weighted by atomic mass is 32.1. The average Bonchev–Trinajstić information content (AvgIpc) is 3.03. The van der Waals surface area contributed by atoms with Crippen LogP contribution in [0.2, 0.25) is 0 Å². The molecule has 0 aliphatic rings. The Kier molecular flexibility index (Phi) is 4.01. The van der Waals surface area contributed by atoms with Crippen LogP contribution in [0.3, 0.4) is 0 Å². The van der Waals surface area contributed by atoms with E-state index in [0.717, 1.165) is 11.4 Å². The minimum atomic E-state index is -0.108. The Morgan fingerprint density at radius 1 is 1.35 bits per heavy atom. The molecule has 0 radical (unpaired) electrons. The van der Waals surface area contributed by atoms with Crippen molar-refractivity contribution in [3.63, 3.8) is 0 Å². The quantitative estimate of drug-likeness (QED) is 0.712. The van der Waals surface area contributed by atoms with Crippen LogP contribution < -0.4 is 16.6 Å². The van der Waals surface area contributed by atoms with Crippen molar-refractivity contribution in [1.29, 1.82) is 0 Å². The Labute approximate surface area is 142 Å². The number of thiazole rings is 1. The number of nitrogens with two attached hydrogens (primary N) is 1. The van der Waals surface area contributed by atoms with Gasteiger partial charge in [0, 0.05) is 18.1 Å². The first kappa shape index (κ1) is 15.4. The number of hydrogen-bond acceptors (Lipinski definition) is 4. The van der Waals surface area contributed by atoms with E-state index < -0.39 is 0 Å². The molecule has 2 heterocycles. The molecule has 0 amide bonds. The summed E-state index contributed by atoms with van der Waals surface area (Å²) in [4.78, 5) is 17.3. The van der Waals surface area contributed by atoms with E-state index in [4.69, 9.17) is 18.0 Å². The van der Waals surface area contributed by atoms with Gasteiger partial charge in [0.25, 0.3) is 5.56 Å². The van der Waals surface area contributed by atoms with Crippen molar-refractivity contribution in [3.05, 3.63) is 51.8 Å². The Morgan fingerprint density at radius 3 is 2.70 bits per heavy atom. The zero-order valence-corrected chi connectivity index (χ0v) is 14.2. The molecule has 0 aliphatic heterocycles. The van der Waals surface area contributed by atoms with Crippen LogP contribution >= 0.6 is 23.6 Å². The Morgan fingerprint density at radius 2 is 2.04 bits per heavy atom. The molecule has 0 fully saturated rings. The number of nitrogens with one attached hydrogen (secondary N) is 1. The number of nitrogens with zero attached hydrogens (tertiary/aromatic N) is 3. The molecule has 23 heavy (non-hydrogen) atoms. The lowest BCUT2D eigenvalue weighted by molar-refractivity contribution is 0.630. The molecule has 3 rings (SSSR count). The molecule has 0 bridgehead atoms. The third-order valence-corrected chi connectivity index (χ3v) is 4.40. The Hall–Kier alpha value is -2.45. The molecule has 0 atom stereocenters. The number of thiocarbonyl (C=S) groups is 1. The Bertz CT molecular complexity index is 923. The topological polar surface area (TPSA) is 77.9 Å². The maximum atomic E-state index is 12.9. The first-order chi connectivity index (χ1) is 11.0. The Balaban J connectivity index is 2.13. The van der Waals surface area contributed by atoms with E-state index in [9.17, 15) is 4.79 Å². The molecule has 8 heteroatoms. The van der Waals surface area contributed by atoms with Gasteiger partial charge in [0.05, 0.1) is 16.9 Å². The molecule has 2 aromatic heterocycles. The van der Waals surface area contributed by atoms with Crippen molar-refractivity contribution in [2.24, 2.45) is 12.8 Å². The highest BCUT2D eigenvalue weighted by Gasteiger charge is 2.19. The average molecular weight is 345 g/mol. The van der Waals surface area contributed by atoms with E-state index >= 15 is 0 Å². The molecule has 0 spiro atoms. The maximum absolute atomic E-state index is 12.9. The smallest absolute Gasteiger partial charge is 0.281 e. The predicted octanol–water partition coefficient (Wildman–Crippen LogP) is 2.26. The fraction of sp³-hybridized carbons (Fsp3) is 0.133. The lowest BCUT2D eigenvalue weighted by Gasteiger charge is -2.07. The monoisotopic (exact) mass is 345 g/mol. The third-order valence-electron chi connectivity index (χ3n) is 3.54. The van der Waals surface area contributed by atoms with Crippen molar-refractivity contribution in [1.82, 2.24) is 14.3 Å². The minimum absolute atomic E-state index is 0.108. The highest BCUT2D eigenvalue weighted by Crippen LogP contribution is 2.25. The van der Waals surface area contributed by atoms with Gasteiger partial charge in [-0.1, -0.05) is 18.2 Å². The lowest BCUT2D eigenvalue weighted by Crippen LogP contribution is -2.20. The van der Waals surface area contributed by atoms with Gasteiger partial charge in [-0.05, 0) is 31.3 Å². The maximum Gasteiger partial charge on any atom is 0.281 e. The molecule has 0 saturated carbocycles. The second-order valence-electron chi connectivity index (χ2n) is 4.96. The van der Waals surface area contributed by atoms with Gasteiger partial charge < -0.3 is 11.1 Å². The van der Waals surface area contributed by atoms with Gasteiger partial charge in [0.2, 0.25) is 0 Å². The minimum Gasteiger partial charge on any atom is -0.376 e. The number of rotatable bonds is 3. The first-order valence-corrected chi connectivity index (χ1v) is 8.14. The summed E-state index contributed by atoms with van der Waals surface area (Å²) in [6.07, 6.45) is 0. The fourth-order valence-corrected chi connectivity index (χ4v) is 3.29. The molecule has 118 valence electrons. The van der Waals surface area contributed by atoms with Gasteiger partial charge in [-0.15, -0.1) is 11.3 Å². The molecule has 6 nitrogen and oxygen atoms in total. The van der Waals surface area contributed by atoms with E-state index in [-0.39, 0.29) is 10.7 Å². The van der Waals surface area contributed by atoms with Crippen molar-refractivity contribution in [3.8, 4) is 16.9 Å². The van der Waals surface area contributed by atoms with Gasteiger partial charge in [0.1, 0.15) is 0 Å². The molecule has 0 unspecified atom stereocenters. The van der Waals surface area contributed by atoms with E-state index in [1.807, 2.05) is 54.4 Å². The van der Waals surface area contributed by atoms with Crippen LogP contribution in [0.15, 0.2) is 40.5 Å². The van der Waals surface area contributed by atoms with E-state index in [2.05, 4.69) is 10.3 Å². The standard InChI is InChI=1S/C15H15N5OS2/c1-9-12(11-8-23-15(17-11)18-14(16)22)13(21)20(19(9)2)10-6-4-3-5-7-10/h3-8H,1-2H3,(H3,16,17,18,22). The SMILES string of the molecule is Cc1c(-c2csc(NC(N)=S)n2)c(=O)n(-c2ccccc2)n1C. The summed E-state index contributed by atoms with van der Waals surface area (Å²) in [6.45, 7) is 1.90. The normalized spacial score (nSPS) is 10.7. The second-order valence-corrected chi connectivity index (χ2v) is 6.26. The van der Waals surface area contributed by atoms with Gasteiger partial charge >= 0.3 is 0 Å². The summed E-state index contributed by atoms with van der Waals surface area (Å²) in [5, 5.41) is 5.33. The molecule has 3 N–H and O–H groups in total. The summed E-state index contributed by atoms with van der Waals surface area (Å²) in [6, 6.07) is 9.50. The van der Waals surface area contributed by atoms with E-state index in [1.165, 1.54) is 11.3 Å². The second kappa shape index (κ2) is 5.98. The van der Waals surface area contributed by atoms with Crippen LogP contribution in [-0.2, 0) is 7.05 Å². The summed E-state index contributed by atoms with van der Waals surface area (Å²) < 4.78 is 3.46. The van der Waals surface area contributed by atoms with Crippen LogP contribution in [0.4, 0.5) is 5.13 Å². The lowest BCUT2D eigenvalue weighted by atomic mass is 10.2. The van der Waals surface area contributed by atoms with Crippen LogP contribution in [0.5, 0.6) is 0 Å². The summed E-state index contributed by atoms with van der Waals surface area (Å²) in [5.41, 5.74) is 8.18. The predicted molar refractivity (Wildman–Crippen MR) is 97.3 cm³/mol. The zero-order chi connectivity index (χ0) is 16.6. The van der Waals surface area contributed by atoms with Crippen molar-refractivity contribution in [2.45, 2.75) is 6.92 Å². The van der Waals surface area contributed by atoms with Crippen molar-refractivity contribution in [2.75, 3.05) is 5.32 Å². The summed E-state index contributed by atoms with van der Waals surface area (Å²) in [5.74, 6) is 0. The summed E-state index contributed by atoms with van der Waals surface area (Å²) in [7, 11) is 1.85. The molecule has 1 aromatic carbocycles. The van der Waals surface area contributed by atoms with Gasteiger partial charge in [0.15, 0.2) is 10.2 Å². The largest absolute Gasteiger partial charge is 0.376 e. The van der Waals surface area contributed by atoms with Crippen molar-refractivity contribution < 1.29 is 0 Å². The van der Waals surface area contributed by atoms with Crippen LogP contribution in [-0.4, -0.2) is 19.5 Å².